The highest BCUT2D eigenvalue weighted by Crippen LogP contribution is 2.29. The van der Waals surface area contributed by atoms with E-state index in [0.29, 0.717) is 0 Å². The van der Waals surface area contributed by atoms with Crippen molar-refractivity contribution < 1.29 is 60.8 Å². The van der Waals surface area contributed by atoms with Gasteiger partial charge in [-0.2, -0.15) is 13.2 Å². The third kappa shape index (κ3) is 7.50. The number of ether oxygens (including phenoxy) is 5. The molecule has 1 N–H and O–H groups in total. The molecule has 1 aliphatic rings. The van der Waals surface area contributed by atoms with Crippen molar-refractivity contribution in [2.24, 2.45) is 0 Å². The van der Waals surface area contributed by atoms with E-state index in [4.69, 9.17) is 23.7 Å². The van der Waals surface area contributed by atoms with Crippen LogP contribution in [-0.4, -0.2) is 73.2 Å². The minimum atomic E-state index is -5.34. The summed E-state index contributed by atoms with van der Waals surface area (Å²) in [4.78, 5) is 57.0. The molecule has 0 radical (unpaired) electrons. The van der Waals surface area contributed by atoms with Crippen LogP contribution in [0.3, 0.4) is 0 Å². The number of nitrogens with one attached hydrogen (secondary N) is 1. The number of carbonyl (C=O) groups excluding carboxylic acids is 5. The van der Waals surface area contributed by atoms with E-state index in [1.54, 1.807) is 0 Å². The molecule has 0 bridgehead atoms. The standard InChI is InChI=1S/C16H20F3NO10/c1-6(21)26-5-10-12(27-7(2)22)13(28-8(3)23)11(14(30-10)29-9(4)24)20-15(25)16(17,18)19/h10-14H,5H2,1-4H3,(H,20,25)/t10-,11+,12-,13+,14-/m0/s1. The highest BCUT2D eigenvalue weighted by atomic mass is 19.4. The molecule has 0 unspecified atom stereocenters. The van der Waals surface area contributed by atoms with Gasteiger partial charge in [-0.1, -0.05) is 0 Å². The van der Waals surface area contributed by atoms with E-state index >= 15 is 0 Å². The summed E-state index contributed by atoms with van der Waals surface area (Å²) in [5, 5.41) is 1.52. The molecule has 1 rings (SSSR count). The number of carbonyl (C=O) groups is 5. The second-order valence-corrected chi connectivity index (χ2v) is 6.10. The number of amides is 1. The SMILES string of the molecule is CC(=O)OC[C@@H]1O[C@H](OC(C)=O)[C@H](NC(=O)C(F)(F)F)[C@@H](OC(C)=O)[C@H]1OC(C)=O. The Morgan fingerprint density at radius 1 is 0.833 bits per heavy atom. The molecule has 5 atom stereocenters. The average molecular weight is 443 g/mol. The first-order valence-electron chi connectivity index (χ1n) is 8.40. The molecule has 0 aliphatic carbocycles. The Bertz CT molecular complexity index is 695. The second-order valence-electron chi connectivity index (χ2n) is 6.10. The van der Waals surface area contributed by atoms with Crippen LogP contribution in [0, 0.1) is 0 Å². The van der Waals surface area contributed by atoms with Gasteiger partial charge in [0.25, 0.3) is 0 Å². The van der Waals surface area contributed by atoms with Crippen LogP contribution in [0.5, 0.6) is 0 Å². The monoisotopic (exact) mass is 443 g/mol. The Morgan fingerprint density at radius 2 is 1.33 bits per heavy atom. The van der Waals surface area contributed by atoms with Crippen LogP contribution in [0.4, 0.5) is 13.2 Å². The van der Waals surface area contributed by atoms with E-state index in [9.17, 15) is 37.1 Å². The molecule has 1 heterocycles. The van der Waals surface area contributed by atoms with Gasteiger partial charge in [0.15, 0.2) is 12.2 Å². The predicted octanol–water partition coefficient (Wildman–Crippen LogP) is -0.252. The van der Waals surface area contributed by atoms with Crippen molar-refractivity contribution in [2.75, 3.05) is 6.61 Å². The number of esters is 4. The van der Waals surface area contributed by atoms with Crippen LogP contribution in [0.2, 0.25) is 0 Å². The van der Waals surface area contributed by atoms with Gasteiger partial charge in [-0.15, -0.1) is 0 Å². The Hall–Kier alpha value is -2.90. The summed E-state index contributed by atoms with van der Waals surface area (Å²) < 4.78 is 63.2. The van der Waals surface area contributed by atoms with Gasteiger partial charge in [-0.25, -0.2) is 0 Å². The van der Waals surface area contributed by atoms with Crippen molar-refractivity contribution in [1.29, 1.82) is 0 Å². The summed E-state index contributed by atoms with van der Waals surface area (Å²) in [6, 6.07) is -1.91. The van der Waals surface area contributed by atoms with Gasteiger partial charge in [0, 0.05) is 27.7 Å². The van der Waals surface area contributed by atoms with Crippen molar-refractivity contribution >= 4 is 29.8 Å². The number of alkyl halides is 3. The first-order chi connectivity index (χ1) is 13.7. The molecular weight excluding hydrogens is 423 g/mol. The molecule has 0 spiro atoms. The average Bonchev–Trinajstić information content (AvgIpc) is 2.56. The second kappa shape index (κ2) is 10.2. The Balaban J connectivity index is 3.39. The first-order valence-corrected chi connectivity index (χ1v) is 8.40. The van der Waals surface area contributed by atoms with E-state index in [1.165, 1.54) is 5.32 Å². The van der Waals surface area contributed by atoms with Gasteiger partial charge in [0.1, 0.15) is 18.8 Å². The number of halogens is 3. The maximum Gasteiger partial charge on any atom is 0.471 e. The molecule has 11 nitrogen and oxygen atoms in total. The Labute approximate surface area is 168 Å². The van der Waals surface area contributed by atoms with Crippen LogP contribution >= 0.6 is 0 Å². The van der Waals surface area contributed by atoms with E-state index in [-0.39, 0.29) is 0 Å². The van der Waals surface area contributed by atoms with Crippen molar-refractivity contribution in [3.63, 3.8) is 0 Å². The lowest BCUT2D eigenvalue weighted by atomic mass is 9.96. The van der Waals surface area contributed by atoms with Crippen LogP contribution in [0.15, 0.2) is 0 Å². The van der Waals surface area contributed by atoms with E-state index in [2.05, 4.69) is 0 Å². The quantitative estimate of drug-likeness (QED) is 0.431. The molecule has 1 saturated heterocycles. The normalized spacial score (nSPS) is 26.2. The number of hydrogen-bond acceptors (Lipinski definition) is 10. The summed E-state index contributed by atoms with van der Waals surface area (Å²) in [5.74, 6) is -6.20. The lowest BCUT2D eigenvalue weighted by Gasteiger charge is -2.44. The summed E-state index contributed by atoms with van der Waals surface area (Å²) in [6.45, 7) is 3.22. The smallest absolute Gasteiger partial charge is 0.463 e. The van der Waals surface area contributed by atoms with Gasteiger partial charge in [0.2, 0.25) is 6.29 Å². The third-order valence-corrected chi connectivity index (χ3v) is 3.54. The zero-order valence-electron chi connectivity index (χ0n) is 16.3. The molecular formula is C16H20F3NO10. The predicted molar refractivity (Wildman–Crippen MR) is 86.2 cm³/mol. The fourth-order valence-corrected chi connectivity index (χ4v) is 2.55. The van der Waals surface area contributed by atoms with E-state index in [0.717, 1.165) is 27.7 Å². The number of hydrogen-bond donors (Lipinski definition) is 1. The van der Waals surface area contributed by atoms with Gasteiger partial charge in [-0.3, -0.25) is 24.0 Å². The van der Waals surface area contributed by atoms with Crippen molar-refractivity contribution in [2.45, 2.75) is 64.5 Å². The van der Waals surface area contributed by atoms with Crippen LogP contribution in [-0.2, 0) is 47.7 Å². The molecule has 0 aromatic carbocycles. The molecule has 0 aromatic heterocycles. The third-order valence-electron chi connectivity index (χ3n) is 3.54. The van der Waals surface area contributed by atoms with Gasteiger partial charge < -0.3 is 29.0 Å². The minimum Gasteiger partial charge on any atom is -0.463 e. The fourth-order valence-electron chi connectivity index (χ4n) is 2.55. The van der Waals surface area contributed by atoms with Gasteiger partial charge >= 0.3 is 36.0 Å². The van der Waals surface area contributed by atoms with Crippen molar-refractivity contribution in [3.8, 4) is 0 Å². The van der Waals surface area contributed by atoms with E-state index < -0.39 is 73.2 Å². The summed E-state index contributed by atoms with van der Waals surface area (Å²) in [5.41, 5.74) is 0. The fraction of sp³-hybridized carbons (Fsp3) is 0.688. The minimum absolute atomic E-state index is 0.594. The largest absolute Gasteiger partial charge is 0.471 e. The van der Waals surface area contributed by atoms with Gasteiger partial charge in [-0.05, 0) is 0 Å². The zero-order chi connectivity index (χ0) is 23.2. The van der Waals surface area contributed by atoms with Crippen LogP contribution < -0.4 is 5.32 Å². The zero-order valence-corrected chi connectivity index (χ0v) is 16.3. The number of rotatable bonds is 6. The van der Waals surface area contributed by atoms with Crippen molar-refractivity contribution in [1.82, 2.24) is 5.32 Å². The van der Waals surface area contributed by atoms with Crippen LogP contribution in [0.1, 0.15) is 27.7 Å². The Morgan fingerprint density at radius 3 is 1.77 bits per heavy atom. The molecule has 1 fully saturated rings. The van der Waals surface area contributed by atoms with Crippen LogP contribution in [0.25, 0.3) is 0 Å². The molecule has 170 valence electrons. The lowest BCUT2D eigenvalue weighted by Crippen LogP contribution is -2.67. The molecule has 0 saturated carbocycles. The molecule has 30 heavy (non-hydrogen) atoms. The first kappa shape index (κ1) is 25.1. The topological polar surface area (TPSA) is 144 Å². The highest BCUT2D eigenvalue weighted by molar-refractivity contribution is 5.82. The Kier molecular flexibility index (Phi) is 8.57. The molecule has 0 aromatic rings. The molecule has 1 amide bonds. The molecule has 14 heteroatoms. The van der Waals surface area contributed by atoms with E-state index in [1.807, 2.05) is 0 Å². The summed E-state index contributed by atoms with van der Waals surface area (Å²) >= 11 is 0. The summed E-state index contributed by atoms with van der Waals surface area (Å²) in [7, 11) is 0. The summed E-state index contributed by atoms with van der Waals surface area (Å²) in [6.07, 6.45) is -12.0. The highest BCUT2D eigenvalue weighted by Gasteiger charge is 2.54. The maximum absolute atomic E-state index is 12.8. The maximum atomic E-state index is 12.8. The van der Waals surface area contributed by atoms with Gasteiger partial charge in [0.05, 0.1) is 0 Å². The molecule has 1 aliphatic heterocycles. The van der Waals surface area contributed by atoms with Crippen molar-refractivity contribution in [3.05, 3.63) is 0 Å². The lowest BCUT2D eigenvalue weighted by molar-refractivity contribution is -0.272.